The minimum atomic E-state index is -3.84. The van der Waals surface area contributed by atoms with Gasteiger partial charge in [-0.3, -0.25) is 13.9 Å². The number of carbonyl (C=O) groups is 2. The highest BCUT2D eigenvalue weighted by Crippen LogP contribution is 2.26. The zero-order chi connectivity index (χ0) is 27.2. The lowest BCUT2D eigenvalue weighted by Gasteiger charge is -2.33. The molecule has 2 aromatic rings. The summed E-state index contributed by atoms with van der Waals surface area (Å²) >= 11 is 12.3. The Bertz CT molecular complexity index is 1220. The Morgan fingerprint density at radius 3 is 2.41 bits per heavy atom. The molecule has 0 aromatic heterocycles. The summed E-state index contributed by atoms with van der Waals surface area (Å²) in [4.78, 5) is 28.5. The minimum Gasteiger partial charge on any atom is -0.497 e. The third kappa shape index (κ3) is 7.75. The van der Waals surface area contributed by atoms with E-state index in [2.05, 4.69) is 5.32 Å². The van der Waals surface area contributed by atoms with Gasteiger partial charge >= 0.3 is 0 Å². The van der Waals surface area contributed by atoms with Crippen molar-refractivity contribution in [1.82, 2.24) is 10.2 Å². The number of anilines is 1. The van der Waals surface area contributed by atoms with Gasteiger partial charge in [-0.2, -0.15) is 0 Å². The van der Waals surface area contributed by atoms with E-state index in [4.69, 9.17) is 27.9 Å². The lowest BCUT2D eigenvalue weighted by Crippen LogP contribution is -2.53. The van der Waals surface area contributed by atoms with E-state index in [-0.39, 0.29) is 24.2 Å². The Kier molecular flexibility index (Phi) is 10.1. The normalized spacial score (nSPS) is 14.7. The topological polar surface area (TPSA) is 96.0 Å². The molecule has 1 atom stereocenters. The van der Waals surface area contributed by atoms with E-state index in [1.54, 1.807) is 42.5 Å². The number of halogens is 2. The highest BCUT2D eigenvalue weighted by Gasteiger charge is 2.33. The molecule has 1 aliphatic carbocycles. The number of hydrogen-bond acceptors (Lipinski definition) is 5. The van der Waals surface area contributed by atoms with E-state index in [0.717, 1.165) is 36.2 Å². The van der Waals surface area contributed by atoms with Gasteiger partial charge in [0.25, 0.3) is 0 Å². The molecule has 11 heteroatoms. The molecule has 1 saturated carbocycles. The van der Waals surface area contributed by atoms with Gasteiger partial charge in [0.15, 0.2) is 0 Å². The molecule has 0 radical (unpaired) electrons. The van der Waals surface area contributed by atoms with Gasteiger partial charge < -0.3 is 15.0 Å². The molecule has 8 nitrogen and oxygen atoms in total. The fraction of sp³-hybridized carbons (Fsp3) is 0.462. The van der Waals surface area contributed by atoms with Crippen molar-refractivity contribution in [3.63, 3.8) is 0 Å². The third-order valence-corrected chi connectivity index (χ3v) is 8.32. The fourth-order valence-corrected chi connectivity index (χ4v) is 5.66. The van der Waals surface area contributed by atoms with Crippen LogP contribution in [-0.2, 0) is 26.2 Å². The molecule has 0 bridgehead atoms. The van der Waals surface area contributed by atoms with Gasteiger partial charge in [-0.15, -0.1) is 0 Å². The van der Waals surface area contributed by atoms with Crippen molar-refractivity contribution in [2.75, 3.05) is 24.2 Å². The van der Waals surface area contributed by atoms with Crippen LogP contribution in [0.4, 0.5) is 5.69 Å². The summed E-state index contributed by atoms with van der Waals surface area (Å²) < 4.78 is 31.7. The molecular formula is C26H33Cl2N3O5S. The van der Waals surface area contributed by atoms with Gasteiger partial charge in [-0.25, -0.2) is 8.42 Å². The molecule has 1 fully saturated rings. The van der Waals surface area contributed by atoms with Crippen molar-refractivity contribution in [3.8, 4) is 5.75 Å². The second kappa shape index (κ2) is 12.8. The molecule has 0 spiro atoms. The van der Waals surface area contributed by atoms with Gasteiger partial charge in [0.05, 0.1) is 29.1 Å². The Hall–Kier alpha value is -2.49. The Morgan fingerprint density at radius 2 is 1.81 bits per heavy atom. The number of hydrogen-bond donors (Lipinski definition) is 1. The summed E-state index contributed by atoms with van der Waals surface area (Å²) in [6.45, 7) is 1.40. The first-order chi connectivity index (χ1) is 17.5. The molecule has 202 valence electrons. The zero-order valence-corrected chi connectivity index (χ0v) is 23.6. The van der Waals surface area contributed by atoms with Crippen LogP contribution < -0.4 is 14.4 Å². The van der Waals surface area contributed by atoms with Crippen LogP contribution in [0.15, 0.2) is 42.5 Å². The summed E-state index contributed by atoms with van der Waals surface area (Å²) in [5.74, 6) is -0.323. The number of nitrogens with zero attached hydrogens (tertiary/aromatic N) is 2. The van der Waals surface area contributed by atoms with Crippen LogP contribution in [0, 0.1) is 0 Å². The van der Waals surface area contributed by atoms with Gasteiger partial charge in [0.2, 0.25) is 21.8 Å². The number of carbonyl (C=O) groups excluding carboxylic acids is 2. The van der Waals surface area contributed by atoms with Crippen LogP contribution in [0.1, 0.15) is 44.6 Å². The summed E-state index contributed by atoms with van der Waals surface area (Å²) in [5.41, 5.74) is 0.954. The average molecular weight is 571 g/mol. The molecule has 0 saturated heterocycles. The molecule has 3 rings (SSSR count). The van der Waals surface area contributed by atoms with Gasteiger partial charge in [-0.1, -0.05) is 55.1 Å². The maximum Gasteiger partial charge on any atom is 0.244 e. The summed E-state index contributed by atoms with van der Waals surface area (Å²) in [6.07, 6.45) is 5.30. The number of benzene rings is 2. The Morgan fingerprint density at radius 1 is 1.11 bits per heavy atom. The Balaban J connectivity index is 1.94. The second-order valence-corrected chi connectivity index (χ2v) is 11.9. The van der Waals surface area contributed by atoms with E-state index in [1.807, 2.05) is 6.92 Å². The molecular weight excluding hydrogens is 537 g/mol. The van der Waals surface area contributed by atoms with E-state index >= 15 is 0 Å². The summed E-state index contributed by atoms with van der Waals surface area (Å²) in [7, 11) is -2.36. The summed E-state index contributed by atoms with van der Waals surface area (Å²) in [5, 5.41) is 3.77. The standard InChI is InChI=1S/C26H33Cl2N3O5S/c1-4-24(26(33)29-19-8-5-6-9-19)30(16-18-12-13-22(27)23(28)14-18)25(32)17-31(37(3,34)35)20-10-7-11-21(15-20)36-2/h7,10-15,19,24H,4-6,8-9,16-17H2,1-3H3,(H,29,33)/t24-/m0/s1. The Labute approximate surface area is 228 Å². The molecule has 0 aliphatic heterocycles. The number of ether oxygens (including phenoxy) is 1. The molecule has 1 aliphatic rings. The summed E-state index contributed by atoms with van der Waals surface area (Å²) in [6, 6.07) is 10.7. The fourth-order valence-electron chi connectivity index (χ4n) is 4.50. The van der Waals surface area contributed by atoms with Crippen LogP contribution in [-0.4, -0.2) is 57.1 Å². The molecule has 1 N–H and O–H groups in total. The highest BCUT2D eigenvalue weighted by atomic mass is 35.5. The molecule has 37 heavy (non-hydrogen) atoms. The second-order valence-electron chi connectivity index (χ2n) is 9.16. The van der Waals surface area contributed by atoms with Crippen LogP contribution in [0.3, 0.4) is 0 Å². The molecule has 2 amide bonds. The monoisotopic (exact) mass is 569 g/mol. The van der Waals surface area contributed by atoms with Crippen molar-refractivity contribution in [3.05, 3.63) is 58.1 Å². The predicted molar refractivity (Wildman–Crippen MR) is 147 cm³/mol. The number of amides is 2. The largest absolute Gasteiger partial charge is 0.497 e. The van der Waals surface area contributed by atoms with Crippen LogP contribution in [0.2, 0.25) is 10.0 Å². The number of methoxy groups -OCH3 is 1. The van der Waals surface area contributed by atoms with Crippen molar-refractivity contribution in [2.45, 2.75) is 57.7 Å². The molecule has 0 heterocycles. The average Bonchev–Trinajstić information content (AvgIpc) is 3.36. The smallest absolute Gasteiger partial charge is 0.244 e. The maximum atomic E-state index is 13.8. The number of rotatable bonds is 11. The van der Waals surface area contributed by atoms with Gasteiger partial charge in [0.1, 0.15) is 18.3 Å². The quantitative estimate of drug-likeness (QED) is 0.425. The van der Waals surface area contributed by atoms with Crippen molar-refractivity contribution < 1.29 is 22.7 Å². The third-order valence-electron chi connectivity index (χ3n) is 6.44. The first kappa shape index (κ1) is 29.1. The predicted octanol–water partition coefficient (Wildman–Crippen LogP) is 4.63. The van der Waals surface area contributed by atoms with Crippen molar-refractivity contribution in [2.24, 2.45) is 0 Å². The van der Waals surface area contributed by atoms with E-state index in [0.29, 0.717) is 27.8 Å². The first-order valence-electron chi connectivity index (χ1n) is 12.2. The van der Waals surface area contributed by atoms with Crippen molar-refractivity contribution >= 4 is 50.7 Å². The number of nitrogens with one attached hydrogen (secondary N) is 1. The SMILES string of the molecule is CC[C@@H](C(=O)NC1CCCC1)N(Cc1ccc(Cl)c(Cl)c1)C(=O)CN(c1cccc(OC)c1)S(C)(=O)=O. The van der Waals surface area contributed by atoms with Crippen LogP contribution >= 0.6 is 23.2 Å². The van der Waals surface area contributed by atoms with Gasteiger partial charge in [-0.05, 0) is 49.1 Å². The lowest BCUT2D eigenvalue weighted by molar-refractivity contribution is -0.140. The minimum absolute atomic E-state index is 0.0576. The van der Waals surface area contributed by atoms with Crippen LogP contribution in [0.5, 0.6) is 5.75 Å². The highest BCUT2D eigenvalue weighted by molar-refractivity contribution is 7.92. The van der Waals surface area contributed by atoms with E-state index in [9.17, 15) is 18.0 Å². The zero-order valence-electron chi connectivity index (χ0n) is 21.2. The van der Waals surface area contributed by atoms with Crippen molar-refractivity contribution in [1.29, 1.82) is 0 Å². The van der Waals surface area contributed by atoms with Gasteiger partial charge in [0, 0.05) is 18.7 Å². The maximum absolute atomic E-state index is 13.8. The number of sulfonamides is 1. The van der Waals surface area contributed by atoms with E-state index < -0.39 is 28.5 Å². The molecule has 0 unspecified atom stereocenters. The van der Waals surface area contributed by atoms with E-state index in [1.165, 1.54) is 12.0 Å². The first-order valence-corrected chi connectivity index (χ1v) is 14.8. The molecule has 2 aromatic carbocycles. The lowest BCUT2D eigenvalue weighted by atomic mass is 10.1. The van der Waals surface area contributed by atoms with Crippen LogP contribution in [0.25, 0.3) is 0 Å².